The maximum Gasteiger partial charge on any atom is 0.306 e. The van der Waals surface area contributed by atoms with Crippen LogP contribution in [0.1, 0.15) is 32.6 Å². The lowest BCUT2D eigenvalue weighted by Gasteiger charge is -2.22. The zero-order valence-electron chi connectivity index (χ0n) is 10.2. The van der Waals surface area contributed by atoms with Crippen LogP contribution >= 0.6 is 24.4 Å². The molecule has 2 fully saturated rings. The molecule has 2 aliphatic rings. The van der Waals surface area contributed by atoms with Gasteiger partial charge in [0.15, 0.2) is 0 Å². The molecule has 0 radical (unpaired) electrons. The van der Waals surface area contributed by atoms with Gasteiger partial charge in [-0.15, -0.1) is 11.8 Å². The van der Waals surface area contributed by atoms with Crippen LogP contribution in [0.15, 0.2) is 0 Å². The number of hydrogen-bond acceptors (Lipinski definition) is 5. The number of carbonyl (C=O) groups excluding carboxylic acids is 1. The molecule has 1 saturated carbocycles. The largest absolute Gasteiger partial charge is 0.466 e. The second-order valence-electron chi connectivity index (χ2n) is 4.76. The molecule has 1 saturated heterocycles. The summed E-state index contributed by atoms with van der Waals surface area (Å²) in [5.74, 6) is 2.19. The van der Waals surface area contributed by atoms with Crippen molar-refractivity contribution in [3.63, 3.8) is 0 Å². The molecule has 0 bridgehead atoms. The molecular weight excluding hydrogens is 256 g/mol. The molecule has 0 aromatic rings. The smallest absolute Gasteiger partial charge is 0.306 e. The summed E-state index contributed by atoms with van der Waals surface area (Å²) >= 11 is 6.19. The van der Waals surface area contributed by atoms with Crippen molar-refractivity contribution in [1.82, 2.24) is 0 Å². The van der Waals surface area contributed by atoms with Crippen molar-refractivity contribution < 1.29 is 14.3 Å². The lowest BCUT2D eigenvalue weighted by molar-refractivity contribution is -0.144. The zero-order chi connectivity index (χ0) is 12.3. The molecule has 1 spiro atoms. The van der Waals surface area contributed by atoms with Crippen molar-refractivity contribution in [3.05, 3.63) is 0 Å². The molecule has 1 aliphatic heterocycles. The molecule has 17 heavy (non-hydrogen) atoms. The second kappa shape index (κ2) is 5.85. The summed E-state index contributed by atoms with van der Waals surface area (Å²) in [5, 5.41) is 0. The fourth-order valence-corrected chi connectivity index (χ4v) is 4.52. The van der Waals surface area contributed by atoms with E-state index in [1.165, 1.54) is 0 Å². The highest BCUT2D eigenvalue weighted by atomic mass is 32.2. The number of rotatable bonds is 4. The van der Waals surface area contributed by atoms with Gasteiger partial charge < -0.3 is 9.47 Å². The van der Waals surface area contributed by atoms with E-state index in [1.54, 1.807) is 0 Å². The van der Waals surface area contributed by atoms with E-state index >= 15 is 0 Å². The normalized spacial score (nSPS) is 36.6. The average molecular weight is 276 g/mol. The first-order valence-electron chi connectivity index (χ1n) is 6.25. The Hall–Kier alpha value is 0.130. The Bertz CT molecular complexity index is 285. The summed E-state index contributed by atoms with van der Waals surface area (Å²) in [6, 6.07) is 0. The van der Waals surface area contributed by atoms with Gasteiger partial charge in [-0.25, -0.2) is 0 Å². The molecular formula is C12H20O3S2. The predicted molar refractivity (Wildman–Crippen MR) is 72.5 cm³/mol. The fraction of sp³-hybridized carbons (Fsp3) is 0.917. The van der Waals surface area contributed by atoms with E-state index in [4.69, 9.17) is 9.47 Å². The van der Waals surface area contributed by atoms with Gasteiger partial charge in [0, 0.05) is 17.9 Å². The molecule has 1 aliphatic carbocycles. The quantitative estimate of drug-likeness (QED) is 0.632. The van der Waals surface area contributed by atoms with Gasteiger partial charge in [0.2, 0.25) is 0 Å². The van der Waals surface area contributed by atoms with Crippen LogP contribution in [0.25, 0.3) is 0 Å². The minimum atomic E-state index is -0.0664. The molecule has 3 atom stereocenters. The van der Waals surface area contributed by atoms with Gasteiger partial charge in [0.1, 0.15) is 4.93 Å². The average Bonchev–Trinajstić information content (AvgIpc) is 2.87. The molecule has 0 aromatic carbocycles. The standard InChI is InChI=1S/C12H20O3S2/c1-2-14-11(13)5-9-3-4-12(6-9)15-10(7-16)8-17-12/h9-10,16H,2-8H2,1H3. The van der Waals surface area contributed by atoms with Gasteiger partial charge in [0.05, 0.1) is 12.7 Å². The van der Waals surface area contributed by atoms with Crippen molar-refractivity contribution in [2.75, 3.05) is 18.1 Å². The molecule has 2 rings (SSSR count). The summed E-state index contributed by atoms with van der Waals surface area (Å²) < 4.78 is 11.1. The van der Waals surface area contributed by atoms with E-state index in [9.17, 15) is 4.79 Å². The molecule has 5 heteroatoms. The first-order chi connectivity index (χ1) is 8.17. The third-order valence-electron chi connectivity index (χ3n) is 3.41. The van der Waals surface area contributed by atoms with Gasteiger partial charge in [-0.05, 0) is 32.1 Å². The van der Waals surface area contributed by atoms with E-state index < -0.39 is 0 Å². The van der Waals surface area contributed by atoms with Crippen LogP contribution in [-0.2, 0) is 14.3 Å². The maximum absolute atomic E-state index is 11.4. The predicted octanol–water partition coefficient (Wildman–Crippen LogP) is 2.50. The summed E-state index contributed by atoms with van der Waals surface area (Å²) in [6.45, 7) is 2.32. The van der Waals surface area contributed by atoms with Crippen LogP contribution in [0, 0.1) is 5.92 Å². The van der Waals surface area contributed by atoms with Crippen molar-refractivity contribution in [3.8, 4) is 0 Å². The molecule has 3 unspecified atom stereocenters. The Balaban J connectivity index is 1.81. The van der Waals surface area contributed by atoms with E-state index in [0.717, 1.165) is 30.8 Å². The monoisotopic (exact) mass is 276 g/mol. The summed E-state index contributed by atoms with van der Waals surface area (Å²) in [5.41, 5.74) is 0. The van der Waals surface area contributed by atoms with Crippen molar-refractivity contribution in [1.29, 1.82) is 0 Å². The van der Waals surface area contributed by atoms with Crippen LogP contribution in [0.3, 0.4) is 0 Å². The number of carbonyl (C=O) groups is 1. The third kappa shape index (κ3) is 3.32. The summed E-state index contributed by atoms with van der Waals surface area (Å²) in [4.78, 5) is 11.4. The highest BCUT2D eigenvalue weighted by Gasteiger charge is 2.46. The van der Waals surface area contributed by atoms with Gasteiger partial charge in [-0.2, -0.15) is 12.6 Å². The number of ether oxygens (including phenoxy) is 2. The van der Waals surface area contributed by atoms with Gasteiger partial charge in [0.25, 0.3) is 0 Å². The Labute approximate surface area is 112 Å². The molecule has 0 aromatic heterocycles. The fourth-order valence-electron chi connectivity index (χ4n) is 2.64. The minimum Gasteiger partial charge on any atom is -0.466 e. The summed E-state index contributed by atoms with van der Waals surface area (Å²) in [6.07, 6.45) is 3.95. The first kappa shape index (κ1) is 13.6. The van der Waals surface area contributed by atoms with Gasteiger partial charge in [-0.1, -0.05) is 0 Å². The van der Waals surface area contributed by atoms with E-state index in [-0.39, 0.29) is 17.0 Å². The highest BCUT2D eigenvalue weighted by Crippen LogP contribution is 2.51. The molecule has 0 amide bonds. The lowest BCUT2D eigenvalue weighted by Crippen LogP contribution is -2.24. The molecule has 98 valence electrons. The first-order valence-corrected chi connectivity index (χ1v) is 7.87. The SMILES string of the molecule is CCOC(=O)CC1CCC2(C1)OC(CS)CS2. The van der Waals surface area contributed by atoms with E-state index in [0.29, 0.717) is 18.9 Å². The number of esters is 1. The van der Waals surface area contributed by atoms with Crippen LogP contribution in [0.4, 0.5) is 0 Å². The van der Waals surface area contributed by atoms with Crippen LogP contribution in [0.5, 0.6) is 0 Å². The molecule has 3 nitrogen and oxygen atoms in total. The third-order valence-corrected chi connectivity index (χ3v) is 5.35. The van der Waals surface area contributed by atoms with Crippen molar-refractivity contribution in [2.45, 2.75) is 43.6 Å². The van der Waals surface area contributed by atoms with Crippen molar-refractivity contribution >= 4 is 30.4 Å². The van der Waals surface area contributed by atoms with Crippen LogP contribution in [-0.4, -0.2) is 35.1 Å². The van der Waals surface area contributed by atoms with Crippen LogP contribution < -0.4 is 0 Å². The van der Waals surface area contributed by atoms with Crippen LogP contribution in [0.2, 0.25) is 0 Å². The Morgan fingerprint density at radius 3 is 3.12 bits per heavy atom. The zero-order valence-corrected chi connectivity index (χ0v) is 11.9. The number of thiol groups is 1. The van der Waals surface area contributed by atoms with Crippen molar-refractivity contribution in [2.24, 2.45) is 5.92 Å². The number of thioether (sulfide) groups is 1. The van der Waals surface area contributed by atoms with Gasteiger partial charge >= 0.3 is 5.97 Å². The van der Waals surface area contributed by atoms with E-state index in [2.05, 4.69) is 12.6 Å². The molecule has 1 heterocycles. The van der Waals surface area contributed by atoms with Gasteiger partial charge in [-0.3, -0.25) is 4.79 Å². The second-order valence-corrected chi connectivity index (χ2v) is 6.49. The Morgan fingerprint density at radius 1 is 1.65 bits per heavy atom. The van der Waals surface area contributed by atoms with E-state index in [1.807, 2.05) is 18.7 Å². The highest BCUT2D eigenvalue weighted by molar-refractivity contribution is 8.00. The maximum atomic E-state index is 11.4. The number of hydrogen-bond donors (Lipinski definition) is 1. The minimum absolute atomic E-state index is 0.0233. The topological polar surface area (TPSA) is 35.5 Å². The lowest BCUT2D eigenvalue weighted by atomic mass is 10.0. The Kier molecular flexibility index (Phi) is 4.66. The molecule has 0 N–H and O–H groups in total. The Morgan fingerprint density at radius 2 is 2.47 bits per heavy atom. The summed E-state index contributed by atoms with van der Waals surface area (Å²) in [7, 11) is 0.